The molecule has 0 atom stereocenters. The van der Waals surface area contributed by atoms with Gasteiger partial charge in [-0.05, 0) is 43.7 Å². The van der Waals surface area contributed by atoms with Crippen LogP contribution in [0.2, 0.25) is 0 Å². The Labute approximate surface area is 159 Å². The molecule has 1 heterocycles. The van der Waals surface area contributed by atoms with Gasteiger partial charge in [0.25, 0.3) is 0 Å². The number of hydrogen-bond acceptors (Lipinski definition) is 3. The Hall–Kier alpha value is -3.49. The van der Waals surface area contributed by atoms with Crippen molar-refractivity contribution in [1.29, 1.82) is 0 Å². The van der Waals surface area contributed by atoms with E-state index < -0.39 is 17.8 Å². The molecule has 9 heteroatoms. The summed E-state index contributed by atoms with van der Waals surface area (Å²) in [5.41, 5.74) is 7.63. The molecular formula is C19H18F3N5O. The second kappa shape index (κ2) is 7.26. The van der Waals surface area contributed by atoms with Crippen LogP contribution in [0, 0.1) is 13.8 Å². The van der Waals surface area contributed by atoms with E-state index in [2.05, 4.69) is 20.6 Å². The van der Waals surface area contributed by atoms with Gasteiger partial charge in [0, 0.05) is 16.9 Å². The van der Waals surface area contributed by atoms with E-state index in [1.807, 2.05) is 6.07 Å². The molecule has 2 aromatic carbocycles. The summed E-state index contributed by atoms with van der Waals surface area (Å²) in [4.78, 5) is 19.2. The highest BCUT2D eigenvalue weighted by Gasteiger charge is 2.32. The normalized spacial score (nSPS) is 11.3. The van der Waals surface area contributed by atoms with E-state index in [1.165, 1.54) is 19.1 Å². The number of nitrogen functional groups attached to an aromatic ring is 1. The van der Waals surface area contributed by atoms with E-state index in [0.29, 0.717) is 11.4 Å². The summed E-state index contributed by atoms with van der Waals surface area (Å²) in [6.07, 6.45) is -4.49. The number of carbonyl (C=O) groups is 1. The lowest BCUT2D eigenvalue weighted by atomic mass is 10.1. The third kappa shape index (κ3) is 4.25. The van der Waals surface area contributed by atoms with Gasteiger partial charge in [0.15, 0.2) is 5.95 Å². The first-order valence-corrected chi connectivity index (χ1v) is 8.32. The molecule has 3 aromatic rings. The third-order valence-corrected chi connectivity index (χ3v) is 4.11. The van der Waals surface area contributed by atoms with E-state index in [-0.39, 0.29) is 17.2 Å². The summed E-state index contributed by atoms with van der Waals surface area (Å²) in [5.74, 6) is 0.281. The van der Waals surface area contributed by atoms with Crippen LogP contribution >= 0.6 is 0 Å². The highest BCUT2D eigenvalue weighted by molar-refractivity contribution is 6.00. The van der Waals surface area contributed by atoms with Gasteiger partial charge in [-0.1, -0.05) is 18.2 Å². The first-order valence-electron chi connectivity index (χ1n) is 8.32. The molecule has 0 aliphatic rings. The summed E-state index contributed by atoms with van der Waals surface area (Å²) < 4.78 is 39.0. The minimum absolute atomic E-state index is 0.0452. The average Bonchev–Trinajstić information content (AvgIpc) is 2.94. The van der Waals surface area contributed by atoms with E-state index >= 15 is 0 Å². The van der Waals surface area contributed by atoms with Crippen molar-refractivity contribution in [2.75, 3.05) is 16.4 Å². The SMILES string of the molecule is Cc1ccc(NC(=O)Nc2cccc(-c3[nH]c(N)nc3C)c2)cc1C(F)(F)F. The zero-order chi connectivity index (χ0) is 20.5. The maximum Gasteiger partial charge on any atom is 0.416 e. The van der Waals surface area contributed by atoms with Crippen LogP contribution < -0.4 is 16.4 Å². The molecule has 3 rings (SSSR count). The van der Waals surface area contributed by atoms with Gasteiger partial charge < -0.3 is 21.4 Å². The number of halogens is 3. The molecular weight excluding hydrogens is 371 g/mol. The standard InChI is InChI=1S/C19H18F3N5O/c1-10-6-7-14(9-15(10)19(20,21)22)26-18(28)25-13-5-3-4-12(8-13)16-11(2)24-17(23)27-16/h3-9H,1-2H3,(H3,23,24,27)(H2,25,26,28). The molecule has 0 saturated heterocycles. The van der Waals surface area contributed by atoms with Crippen molar-refractivity contribution in [3.63, 3.8) is 0 Å². The van der Waals surface area contributed by atoms with Crippen molar-refractivity contribution >= 4 is 23.4 Å². The molecule has 0 bridgehead atoms. The van der Waals surface area contributed by atoms with Crippen LogP contribution in [0.3, 0.4) is 0 Å². The molecule has 0 radical (unpaired) electrons. The molecule has 2 amide bonds. The maximum atomic E-state index is 13.0. The number of urea groups is 1. The third-order valence-electron chi connectivity index (χ3n) is 4.11. The van der Waals surface area contributed by atoms with Crippen LogP contribution in [-0.4, -0.2) is 16.0 Å². The van der Waals surface area contributed by atoms with Crippen LogP contribution in [0.5, 0.6) is 0 Å². The van der Waals surface area contributed by atoms with Crippen molar-refractivity contribution in [3.8, 4) is 11.3 Å². The zero-order valence-electron chi connectivity index (χ0n) is 15.1. The molecule has 0 aliphatic heterocycles. The van der Waals surface area contributed by atoms with Crippen LogP contribution in [0.15, 0.2) is 42.5 Å². The van der Waals surface area contributed by atoms with Gasteiger partial charge in [0.05, 0.1) is 17.0 Å². The Bertz CT molecular complexity index is 1030. The number of H-pyrrole nitrogens is 1. The Balaban J connectivity index is 1.76. The smallest absolute Gasteiger partial charge is 0.369 e. The van der Waals surface area contributed by atoms with Gasteiger partial charge in [-0.3, -0.25) is 0 Å². The lowest BCUT2D eigenvalue weighted by molar-refractivity contribution is -0.138. The van der Waals surface area contributed by atoms with E-state index in [1.54, 1.807) is 25.1 Å². The summed E-state index contributed by atoms with van der Waals surface area (Å²) in [7, 11) is 0. The maximum absolute atomic E-state index is 13.0. The van der Waals surface area contributed by atoms with Crippen molar-refractivity contribution in [2.24, 2.45) is 0 Å². The van der Waals surface area contributed by atoms with Gasteiger partial charge in [-0.2, -0.15) is 13.2 Å². The number of rotatable bonds is 3. The number of carbonyl (C=O) groups excluding carboxylic acids is 1. The second-order valence-corrected chi connectivity index (χ2v) is 6.27. The fraction of sp³-hybridized carbons (Fsp3) is 0.158. The number of aromatic amines is 1. The number of benzene rings is 2. The summed E-state index contributed by atoms with van der Waals surface area (Å²) >= 11 is 0. The topological polar surface area (TPSA) is 95.8 Å². The predicted octanol–water partition coefficient (Wildman–Crippen LogP) is 4.94. The number of amides is 2. The van der Waals surface area contributed by atoms with Gasteiger partial charge in [0.2, 0.25) is 0 Å². The monoisotopic (exact) mass is 389 g/mol. The number of hydrogen-bond donors (Lipinski definition) is 4. The Kier molecular flexibility index (Phi) is 5.00. The van der Waals surface area contributed by atoms with Crippen LogP contribution in [0.4, 0.5) is 35.3 Å². The molecule has 6 nitrogen and oxygen atoms in total. The van der Waals surface area contributed by atoms with Crippen molar-refractivity contribution < 1.29 is 18.0 Å². The molecule has 146 valence electrons. The lowest BCUT2D eigenvalue weighted by Gasteiger charge is -2.13. The second-order valence-electron chi connectivity index (χ2n) is 6.27. The van der Waals surface area contributed by atoms with Gasteiger partial charge in [0.1, 0.15) is 0 Å². The summed E-state index contributed by atoms with van der Waals surface area (Å²) in [6, 6.07) is 9.89. The average molecular weight is 389 g/mol. The van der Waals surface area contributed by atoms with Crippen LogP contribution in [-0.2, 0) is 6.18 Å². The number of imidazole rings is 1. The minimum atomic E-state index is -4.49. The molecule has 28 heavy (non-hydrogen) atoms. The van der Waals surface area contributed by atoms with Crippen molar-refractivity contribution in [3.05, 3.63) is 59.3 Å². The Morgan fingerprint density at radius 3 is 2.36 bits per heavy atom. The number of nitrogens with one attached hydrogen (secondary N) is 3. The fourth-order valence-corrected chi connectivity index (χ4v) is 2.82. The quantitative estimate of drug-likeness (QED) is 0.511. The van der Waals surface area contributed by atoms with Gasteiger partial charge in [-0.15, -0.1) is 0 Å². The number of alkyl halides is 3. The van der Waals surface area contributed by atoms with E-state index in [0.717, 1.165) is 17.3 Å². The number of aryl methyl sites for hydroxylation is 2. The molecule has 1 aromatic heterocycles. The zero-order valence-corrected chi connectivity index (χ0v) is 15.1. The van der Waals surface area contributed by atoms with Crippen molar-refractivity contribution in [2.45, 2.75) is 20.0 Å². The number of nitrogens with two attached hydrogens (primary N) is 1. The van der Waals surface area contributed by atoms with Crippen LogP contribution in [0.25, 0.3) is 11.3 Å². The summed E-state index contributed by atoms with van der Waals surface area (Å²) in [5, 5.41) is 5.02. The first-order chi connectivity index (χ1) is 13.1. The lowest BCUT2D eigenvalue weighted by Crippen LogP contribution is -2.20. The first kappa shape index (κ1) is 19.3. The molecule has 0 spiro atoms. The predicted molar refractivity (Wildman–Crippen MR) is 102 cm³/mol. The van der Waals surface area contributed by atoms with Gasteiger partial charge in [-0.25, -0.2) is 9.78 Å². The largest absolute Gasteiger partial charge is 0.416 e. The molecule has 0 saturated carbocycles. The number of anilines is 3. The van der Waals surface area contributed by atoms with Crippen LogP contribution in [0.1, 0.15) is 16.8 Å². The van der Waals surface area contributed by atoms with E-state index in [9.17, 15) is 18.0 Å². The van der Waals surface area contributed by atoms with E-state index in [4.69, 9.17) is 5.73 Å². The highest BCUT2D eigenvalue weighted by Crippen LogP contribution is 2.33. The highest BCUT2D eigenvalue weighted by atomic mass is 19.4. The fourth-order valence-electron chi connectivity index (χ4n) is 2.82. The number of nitrogens with zero attached hydrogens (tertiary/aromatic N) is 1. The molecule has 5 N–H and O–H groups in total. The molecule has 0 aliphatic carbocycles. The molecule has 0 unspecified atom stereocenters. The van der Waals surface area contributed by atoms with Crippen molar-refractivity contribution in [1.82, 2.24) is 9.97 Å². The minimum Gasteiger partial charge on any atom is -0.369 e. The Morgan fingerprint density at radius 2 is 1.75 bits per heavy atom. The molecule has 0 fully saturated rings. The Morgan fingerprint density at radius 1 is 1.07 bits per heavy atom. The van der Waals surface area contributed by atoms with Gasteiger partial charge >= 0.3 is 12.2 Å². The number of aromatic nitrogens is 2. The summed E-state index contributed by atoms with van der Waals surface area (Å²) in [6.45, 7) is 3.16.